The topological polar surface area (TPSA) is 46.4 Å². The van der Waals surface area contributed by atoms with Crippen molar-refractivity contribution in [2.45, 2.75) is 32.7 Å². The molecule has 4 nitrogen and oxygen atoms in total. The number of nitro groups is 1. The number of nitro benzene ring substituents is 1. The second-order valence-corrected chi connectivity index (χ2v) is 4.71. The van der Waals surface area contributed by atoms with E-state index in [-0.39, 0.29) is 10.6 Å². The summed E-state index contributed by atoms with van der Waals surface area (Å²) >= 11 is 0. The molecule has 1 fully saturated rings. The van der Waals surface area contributed by atoms with Crippen molar-refractivity contribution in [3.8, 4) is 0 Å². The fraction of sp³-hybridized carbons (Fsp3) is 0.538. The minimum absolute atomic E-state index is 0.236. The molecule has 1 aliphatic rings. The Balaban J connectivity index is 2.10. The van der Waals surface area contributed by atoms with Crippen molar-refractivity contribution in [1.29, 1.82) is 0 Å². The Morgan fingerprint density at radius 3 is 2.65 bits per heavy atom. The van der Waals surface area contributed by atoms with E-state index in [0.29, 0.717) is 0 Å². The van der Waals surface area contributed by atoms with Crippen LogP contribution in [0.1, 0.15) is 30.4 Å². The highest BCUT2D eigenvalue weighted by Crippen LogP contribution is 2.21. The number of hydrogen-bond acceptors (Lipinski definition) is 3. The minimum Gasteiger partial charge on any atom is -0.299 e. The molecular weight excluding hydrogens is 216 g/mol. The number of nitrogens with zero attached hydrogens (tertiary/aromatic N) is 2. The molecule has 92 valence electrons. The van der Waals surface area contributed by atoms with Crippen LogP contribution in [0.25, 0.3) is 0 Å². The summed E-state index contributed by atoms with van der Waals surface area (Å²) in [7, 11) is 0. The molecule has 0 aliphatic carbocycles. The predicted molar refractivity (Wildman–Crippen MR) is 67.0 cm³/mol. The highest BCUT2D eigenvalue weighted by atomic mass is 16.6. The van der Waals surface area contributed by atoms with Crippen molar-refractivity contribution in [2.75, 3.05) is 13.1 Å². The molecule has 0 spiro atoms. The van der Waals surface area contributed by atoms with E-state index in [4.69, 9.17) is 0 Å². The standard InChI is InChI=1S/C13H18N2O2/c1-11-5-6-12(9-13(11)15(16)17)10-14-7-3-2-4-8-14/h5-6,9H,2-4,7-8,10H2,1H3. The second kappa shape index (κ2) is 5.27. The molecule has 0 unspecified atom stereocenters. The number of rotatable bonds is 3. The summed E-state index contributed by atoms with van der Waals surface area (Å²) < 4.78 is 0. The SMILES string of the molecule is Cc1ccc(CN2CCCCC2)cc1[N+](=O)[O-]. The molecule has 0 amide bonds. The van der Waals surface area contributed by atoms with Gasteiger partial charge in [-0.1, -0.05) is 18.6 Å². The lowest BCUT2D eigenvalue weighted by atomic mass is 10.1. The van der Waals surface area contributed by atoms with Crippen LogP contribution in [0.4, 0.5) is 5.69 Å². The molecule has 17 heavy (non-hydrogen) atoms. The van der Waals surface area contributed by atoms with Crippen LogP contribution in [0.3, 0.4) is 0 Å². The van der Waals surface area contributed by atoms with Crippen LogP contribution in [0, 0.1) is 17.0 Å². The average Bonchev–Trinajstić information content (AvgIpc) is 2.32. The molecule has 0 radical (unpaired) electrons. The van der Waals surface area contributed by atoms with Crippen LogP contribution in [0.15, 0.2) is 18.2 Å². The van der Waals surface area contributed by atoms with Gasteiger partial charge in [-0.05, 0) is 38.4 Å². The van der Waals surface area contributed by atoms with Gasteiger partial charge in [0.15, 0.2) is 0 Å². The zero-order valence-electron chi connectivity index (χ0n) is 10.2. The maximum atomic E-state index is 10.9. The molecular formula is C13H18N2O2. The van der Waals surface area contributed by atoms with Gasteiger partial charge in [-0.2, -0.15) is 0 Å². The maximum Gasteiger partial charge on any atom is 0.272 e. The lowest BCUT2D eigenvalue weighted by Crippen LogP contribution is -2.29. The predicted octanol–water partition coefficient (Wildman–Crippen LogP) is 2.89. The van der Waals surface area contributed by atoms with Gasteiger partial charge in [0.2, 0.25) is 0 Å². The van der Waals surface area contributed by atoms with E-state index in [0.717, 1.165) is 30.8 Å². The monoisotopic (exact) mass is 234 g/mol. The van der Waals surface area contributed by atoms with E-state index in [9.17, 15) is 10.1 Å². The third-order valence-corrected chi connectivity index (χ3v) is 3.33. The molecule has 1 aromatic rings. The molecule has 0 saturated carbocycles. The highest BCUT2D eigenvalue weighted by molar-refractivity contribution is 5.42. The number of aryl methyl sites for hydroxylation is 1. The number of piperidine rings is 1. The van der Waals surface area contributed by atoms with Crippen LogP contribution >= 0.6 is 0 Å². The zero-order valence-corrected chi connectivity index (χ0v) is 10.2. The van der Waals surface area contributed by atoms with E-state index in [2.05, 4.69) is 4.90 Å². The zero-order chi connectivity index (χ0) is 12.3. The number of hydrogen-bond donors (Lipinski definition) is 0. The first kappa shape index (κ1) is 12.0. The van der Waals surface area contributed by atoms with Gasteiger partial charge in [-0.15, -0.1) is 0 Å². The molecule has 2 rings (SSSR count). The smallest absolute Gasteiger partial charge is 0.272 e. The normalized spacial score (nSPS) is 17.0. The molecule has 1 aromatic carbocycles. The molecule has 4 heteroatoms. The van der Waals surface area contributed by atoms with Crippen molar-refractivity contribution in [1.82, 2.24) is 4.90 Å². The summed E-state index contributed by atoms with van der Waals surface area (Å²) in [4.78, 5) is 12.9. The first-order chi connectivity index (χ1) is 8.16. The van der Waals surface area contributed by atoms with Crippen LogP contribution in [0.2, 0.25) is 0 Å². The van der Waals surface area contributed by atoms with Gasteiger partial charge in [0.1, 0.15) is 0 Å². The van der Waals surface area contributed by atoms with E-state index in [1.807, 2.05) is 12.1 Å². The first-order valence-electron chi connectivity index (χ1n) is 6.13. The largest absolute Gasteiger partial charge is 0.299 e. The van der Waals surface area contributed by atoms with Crippen LogP contribution in [-0.2, 0) is 6.54 Å². The highest BCUT2D eigenvalue weighted by Gasteiger charge is 2.14. The third-order valence-electron chi connectivity index (χ3n) is 3.33. The Hall–Kier alpha value is -1.42. The van der Waals surface area contributed by atoms with Crippen LogP contribution in [-0.4, -0.2) is 22.9 Å². The summed E-state index contributed by atoms with van der Waals surface area (Å²) in [5.41, 5.74) is 2.01. The lowest BCUT2D eigenvalue weighted by Gasteiger charge is -2.26. The van der Waals surface area contributed by atoms with Crippen molar-refractivity contribution < 1.29 is 4.92 Å². The van der Waals surface area contributed by atoms with Crippen LogP contribution < -0.4 is 0 Å². The Morgan fingerprint density at radius 1 is 1.29 bits per heavy atom. The van der Waals surface area contributed by atoms with E-state index >= 15 is 0 Å². The molecule has 1 saturated heterocycles. The minimum atomic E-state index is -0.297. The number of likely N-dealkylation sites (tertiary alicyclic amines) is 1. The van der Waals surface area contributed by atoms with Gasteiger partial charge in [0.25, 0.3) is 5.69 Å². The molecule has 1 heterocycles. The summed E-state index contributed by atoms with van der Waals surface area (Å²) in [5.74, 6) is 0. The summed E-state index contributed by atoms with van der Waals surface area (Å²) in [6.07, 6.45) is 3.80. The van der Waals surface area contributed by atoms with Crippen molar-refractivity contribution in [2.24, 2.45) is 0 Å². The Morgan fingerprint density at radius 2 is 2.00 bits per heavy atom. The van der Waals surface area contributed by atoms with Crippen molar-refractivity contribution in [3.63, 3.8) is 0 Å². The summed E-state index contributed by atoms with van der Waals surface area (Å²) in [6, 6.07) is 5.55. The fourth-order valence-electron chi connectivity index (χ4n) is 2.33. The maximum absolute atomic E-state index is 10.9. The first-order valence-corrected chi connectivity index (χ1v) is 6.13. The number of benzene rings is 1. The van der Waals surface area contributed by atoms with E-state index < -0.39 is 0 Å². The van der Waals surface area contributed by atoms with E-state index in [1.54, 1.807) is 13.0 Å². The Bertz CT molecular complexity index is 412. The van der Waals surface area contributed by atoms with Gasteiger partial charge < -0.3 is 0 Å². The molecule has 0 atom stereocenters. The van der Waals surface area contributed by atoms with Gasteiger partial charge in [0.05, 0.1) is 4.92 Å². The van der Waals surface area contributed by atoms with Crippen molar-refractivity contribution >= 4 is 5.69 Å². The van der Waals surface area contributed by atoms with E-state index in [1.165, 1.54) is 19.3 Å². The van der Waals surface area contributed by atoms with Gasteiger partial charge in [0, 0.05) is 18.2 Å². The molecule has 1 aliphatic heterocycles. The van der Waals surface area contributed by atoms with Crippen molar-refractivity contribution in [3.05, 3.63) is 39.4 Å². The molecule has 0 N–H and O–H groups in total. The third kappa shape index (κ3) is 3.03. The molecule has 0 bridgehead atoms. The lowest BCUT2D eigenvalue weighted by molar-refractivity contribution is -0.385. The van der Waals surface area contributed by atoms with Crippen LogP contribution in [0.5, 0.6) is 0 Å². The van der Waals surface area contributed by atoms with Gasteiger partial charge in [-0.25, -0.2) is 0 Å². The fourth-order valence-corrected chi connectivity index (χ4v) is 2.33. The van der Waals surface area contributed by atoms with Gasteiger partial charge in [-0.3, -0.25) is 15.0 Å². The second-order valence-electron chi connectivity index (χ2n) is 4.71. The summed E-state index contributed by atoms with van der Waals surface area (Å²) in [6.45, 7) is 4.84. The quantitative estimate of drug-likeness (QED) is 0.596. The molecule has 0 aromatic heterocycles. The Kier molecular flexibility index (Phi) is 3.74. The average molecular weight is 234 g/mol. The summed E-state index contributed by atoms with van der Waals surface area (Å²) in [5, 5.41) is 10.9. The Labute approximate surface area is 101 Å². The van der Waals surface area contributed by atoms with Gasteiger partial charge >= 0.3 is 0 Å².